The molecule has 0 aliphatic carbocycles. The molecule has 0 saturated carbocycles. The summed E-state index contributed by atoms with van der Waals surface area (Å²) in [5, 5.41) is 0. The van der Waals surface area contributed by atoms with Gasteiger partial charge in [0.25, 0.3) is 0 Å². The second-order valence-electron chi connectivity index (χ2n) is 9.21. The molecule has 188 valence electrons. The zero-order valence-corrected chi connectivity index (χ0v) is 20.3. The van der Waals surface area contributed by atoms with Crippen LogP contribution in [0.5, 0.6) is 5.75 Å². The van der Waals surface area contributed by atoms with Crippen molar-refractivity contribution in [3.05, 3.63) is 87.5 Å². The van der Waals surface area contributed by atoms with Crippen LogP contribution < -0.4 is 15.3 Å². The van der Waals surface area contributed by atoms with Crippen molar-refractivity contribution in [2.45, 2.75) is 39.0 Å². The molecule has 0 bridgehead atoms. The number of alkyl halides is 3. The van der Waals surface area contributed by atoms with Crippen molar-refractivity contribution in [2.75, 3.05) is 25.1 Å². The molecule has 36 heavy (non-hydrogen) atoms. The summed E-state index contributed by atoms with van der Waals surface area (Å²) in [5.74, 6) is 0.393. The van der Waals surface area contributed by atoms with Crippen LogP contribution in [0, 0.1) is 13.8 Å². The van der Waals surface area contributed by atoms with E-state index >= 15 is 0 Å². The zero-order chi connectivity index (χ0) is 25.6. The Morgan fingerprint density at radius 2 is 1.78 bits per heavy atom. The van der Waals surface area contributed by atoms with Crippen LogP contribution in [0.2, 0.25) is 0 Å². The zero-order valence-electron chi connectivity index (χ0n) is 20.3. The van der Waals surface area contributed by atoms with E-state index in [1.807, 2.05) is 6.07 Å². The Morgan fingerprint density at radius 1 is 1.06 bits per heavy atom. The fourth-order valence-corrected chi connectivity index (χ4v) is 5.38. The number of aryl methyl sites for hydroxylation is 2. The summed E-state index contributed by atoms with van der Waals surface area (Å²) in [6.45, 7) is 5.25. The molecule has 0 spiro atoms. The fraction of sp³-hybridized carbons (Fsp3) is 0.333. The highest BCUT2D eigenvalue weighted by Crippen LogP contribution is 2.35. The fourth-order valence-electron chi connectivity index (χ4n) is 5.38. The summed E-state index contributed by atoms with van der Waals surface area (Å²) >= 11 is 0. The van der Waals surface area contributed by atoms with Crippen molar-refractivity contribution >= 4 is 16.9 Å². The van der Waals surface area contributed by atoms with Crippen molar-refractivity contribution in [2.24, 2.45) is 0 Å². The van der Waals surface area contributed by atoms with Gasteiger partial charge in [-0.1, -0.05) is 36.4 Å². The Kier molecular flexibility index (Phi) is 6.02. The van der Waals surface area contributed by atoms with E-state index in [1.54, 1.807) is 22.9 Å². The van der Waals surface area contributed by atoms with Gasteiger partial charge >= 0.3 is 11.9 Å². The highest BCUT2D eigenvalue weighted by Gasteiger charge is 2.34. The minimum atomic E-state index is -4.53. The topological polar surface area (TPSA) is 52.3 Å². The lowest BCUT2D eigenvalue weighted by atomic mass is 10.1. The molecule has 0 N–H and O–H groups in total. The van der Waals surface area contributed by atoms with Gasteiger partial charge in [-0.05, 0) is 43.0 Å². The number of rotatable bonds is 5. The van der Waals surface area contributed by atoms with Crippen molar-refractivity contribution in [3.8, 4) is 5.75 Å². The highest BCUT2D eigenvalue weighted by atomic mass is 19.4. The minimum absolute atomic E-state index is 0.0145. The van der Waals surface area contributed by atoms with Gasteiger partial charge in [0.15, 0.2) is 5.65 Å². The van der Waals surface area contributed by atoms with Gasteiger partial charge in [0, 0.05) is 31.0 Å². The van der Waals surface area contributed by atoms with Gasteiger partial charge in [-0.2, -0.15) is 13.2 Å². The van der Waals surface area contributed by atoms with E-state index in [0.29, 0.717) is 29.9 Å². The molecule has 1 saturated heterocycles. The van der Waals surface area contributed by atoms with E-state index in [9.17, 15) is 18.0 Å². The molecule has 6 nitrogen and oxygen atoms in total. The van der Waals surface area contributed by atoms with Gasteiger partial charge in [0.2, 0.25) is 0 Å². The first-order chi connectivity index (χ1) is 17.2. The van der Waals surface area contributed by atoms with Crippen LogP contribution in [-0.2, 0) is 12.7 Å². The summed E-state index contributed by atoms with van der Waals surface area (Å²) in [6.07, 6.45) is -2.26. The number of methoxy groups -OCH3 is 1. The van der Waals surface area contributed by atoms with Crippen LogP contribution in [0.25, 0.3) is 11.2 Å². The summed E-state index contributed by atoms with van der Waals surface area (Å²) in [5.41, 5.74) is 3.14. The maximum atomic E-state index is 13.8. The number of pyridine rings is 1. The van der Waals surface area contributed by atoms with Gasteiger partial charge < -0.3 is 9.64 Å². The maximum Gasteiger partial charge on any atom is 0.416 e. The number of imidazole rings is 1. The lowest BCUT2D eigenvalue weighted by Gasteiger charge is -2.23. The first kappa shape index (κ1) is 24.0. The standard InChI is InChI=1S/C27H27F3N4O2/c1-17-7-6-8-18(2)23(17)32-14-12-20(16-32)34-25-24(22(36-3)11-13-31-25)33(26(34)35)15-19-9-4-5-10-21(19)27(28,29)30/h4-11,13,20H,12,14-16H2,1-3H3/t20-/m1/s1. The number of hydrogen-bond donors (Lipinski definition) is 0. The molecule has 3 heterocycles. The molecular weight excluding hydrogens is 469 g/mol. The van der Waals surface area contributed by atoms with Crippen LogP contribution >= 0.6 is 0 Å². The number of anilines is 1. The second kappa shape index (κ2) is 9.04. The Bertz CT molecular complexity index is 1470. The van der Waals surface area contributed by atoms with Gasteiger partial charge in [0.05, 0.1) is 25.3 Å². The summed E-state index contributed by atoms with van der Waals surface area (Å²) in [7, 11) is 1.48. The molecule has 0 unspecified atom stereocenters. The maximum absolute atomic E-state index is 13.8. The third kappa shape index (κ3) is 4.02. The van der Waals surface area contributed by atoms with E-state index in [0.717, 1.165) is 29.4 Å². The van der Waals surface area contributed by atoms with E-state index in [-0.39, 0.29) is 18.2 Å². The average molecular weight is 497 g/mol. The molecule has 2 aromatic heterocycles. The predicted octanol–water partition coefficient (Wildman–Crippen LogP) is 5.34. The lowest BCUT2D eigenvalue weighted by molar-refractivity contribution is -0.138. The molecule has 1 fully saturated rings. The van der Waals surface area contributed by atoms with Crippen LogP contribution in [-0.4, -0.2) is 34.3 Å². The Balaban J connectivity index is 1.61. The van der Waals surface area contributed by atoms with Crippen LogP contribution in [0.3, 0.4) is 0 Å². The molecule has 9 heteroatoms. The van der Waals surface area contributed by atoms with Crippen molar-refractivity contribution in [3.63, 3.8) is 0 Å². The molecule has 0 radical (unpaired) electrons. The molecule has 2 aromatic carbocycles. The Morgan fingerprint density at radius 3 is 2.47 bits per heavy atom. The van der Waals surface area contributed by atoms with Crippen LogP contribution in [0.15, 0.2) is 59.5 Å². The van der Waals surface area contributed by atoms with Gasteiger partial charge in [-0.15, -0.1) is 0 Å². The normalized spacial score (nSPS) is 16.2. The predicted molar refractivity (Wildman–Crippen MR) is 133 cm³/mol. The molecule has 5 rings (SSSR count). The molecule has 4 aromatic rings. The van der Waals surface area contributed by atoms with E-state index in [1.165, 1.54) is 23.8 Å². The van der Waals surface area contributed by atoms with Gasteiger partial charge in [-0.25, -0.2) is 9.78 Å². The first-order valence-corrected chi connectivity index (χ1v) is 11.8. The lowest BCUT2D eigenvalue weighted by Crippen LogP contribution is -2.30. The summed E-state index contributed by atoms with van der Waals surface area (Å²) in [4.78, 5) is 20.6. The number of benzene rings is 2. The first-order valence-electron chi connectivity index (χ1n) is 11.8. The Hall–Kier alpha value is -3.75. The molecule has 0 amide bonds. The number of para-hydroxylation sites is 1. The number of aromatic nitrogens is 3. The molecule has 1 atom stereocenters. The smallest absolute Gasteiger partial charge is 0.416 e. The van der Waals surface area contributed by atoms with Crippen molar-refractivity contribution in [1.82, 2.24) is 14.1 Å². The van der Waals surface area contributed by atoms with E-state index < -0.39 is 17.4 Å². The molecular formula is C27H27F3N4O2. The number of nitrogens with zero attached hydrogens (tertiary/aromatic N) is 4. The van der Waals surface area contributed by atoms with Crippen molar-refractivity contribution in [1.29, 1.82) is 0 Å². The third-order valence-electron chi connectivity index (χ3n) is 6.96. The third-order valence-corrected chi connectivity index (χ3v) is 6.96. The number of ether oxygens (including phenoxy) is 1. The van der Waals surface area contributed by atoms with E-state index in [4.69, 9.17) is 4.74 Å². The largest absolute Gasteiger partial charge is 0.494 e. The number of fused-ring (bicyclic) bond motifs is 1. The average Bonchev–Trinajstić information content (AvgIpc) is 3.41. The minimum Gasteiger partial charge on any atom is -0.494 e. The summed E-state index contributed by atoms with van der Waals surface area (Å²) < 4.78 is 49.6. The van der Waals surface area contributed by atoms with Gasteiger partial charge in [0.1, 0.15) is 11.3 Å². The molecule has 1 aliphatic rings. The Labute approximate surface area is 206 Å². The monoisotopic (exact) mass is 496 g/mol. The summed E-state index contributed by atoms with van der Waals surface area (Å²) in [6, 6.07) is 12.9. The van der Waals surface area contributed by atoms with Crippen LogP contribution in [0.1, 0.15) is 34.7 Å². The molecule has 1 aliphatic heterocycles. The van der Waals surface area contributed by atoms with Gasteiger partial charge in [-0.3, -0.25) is 9.13 Å². The van der Waals surface area contributed by atoms with Crippen molar-refractivity contribution < 1.29 is 17.9 Å². The number of halogens is 3. The second-order valence-corrected chi connectivity index (χ2v) is 9.21. The quantitative estimate of drug-likeness (QED) is 0.374. The highest BCUT2D eigenvalue weighted by molar-refractivity contribution is 5.79. The number of hydrogen-bond acceptors (Lipinski definition) is 4. The van der Waals surface area contributed by atoms with E-state index in [2.05, 4.69) is 35.9 Å². The van der Waals surface area contributed by atoms with Crippen LogP contribution in [0.4, 0.5) is 18.9 Å². The SMILES string of the molecule is COc1ccnc2c1n(Cc1ccccc1C(F)(F)F)c(=O)n2[C@@H]1CCN(c2c(C)cccc2C)C1.